The first kappa shape index (κ1) is 20.8. The first-order chi connectivity index (χ1) is 15.3. The molecule has 0 amide bonds. The predicted molar refractivity (Wildman–Crippen MR) is 120 cm³/mol. The maximum absolute atomic E-state index is 12.8. The molecule has 0 saturated heterocycles. The van der Waals surface area contributed by atoms with Crippen molar-refractivity contribution in [2.75, 3.05) is 7.11 Å². The number of ketones is 1. The van der Waals surface area contributed by atoms with Gasteiger partial charge in [-0.05, 0) is 61.2 Å². The van der Waals surface area contributed by atoms with Crippen LogP contribution in [0.5, 0.6) is 11.6 Å². The fourth-order valence-corrected chi connectivity index (χ4v) is 4.02. The van der Waals surface area contributed by atoms with E-state index in [2.05, 4.69) is 21.0 Å². The molecule has 158 valence electrons. The number of nitrogens with one attached hydrogen (secondary N) is 1. The predicted octanol–water partition coefficient (Wildman–Crippen LogP) is 5.25. The number of aromatic amines is 1. The van der Waals surface area contributed by atoms with Crippen LogP contribution in [0.4, 0.5) is 0 Å². The zero-order valence-corrected chi connectivity index (χ0v) is 17.4. The molecule has 31 heavy (non-hydrogen) atoms. The van der Waals surface area contributed by atoms with Crippen LogP contribution in [-0.4, -0.2) is 33.0 Å². The molecule has 2 heterocycles. The molecule has 5 rings (SSSR count). The average molecular weight is 415 g/mol. The van der Waals surface area contributed by atoms with Gasteiger partial charge in [0.15, 0.2) is 5.82 Å². The number of carbonyl (C=O) groups excluding carboxylic acids is 1. The molecule has 2 N–H and O–H groups in total. The Labute approximate surface area is 180 Å². The third-order valence-corrected chi connectivity index (χ3v) is 5.53. The minimum atomic E-state index is -0.141. The maximum atomic E-state index is 12.8. The second kappa shape index (κ2) is 9.53. The molecule has 2 aromatic heterocycles. The SMILES string of the molecule is CO.O=C(c1ccc(Oc2ncccc2C2CCCC2)cc1)c1nc2ccccc2[nH]1. The lowest BCUT2D eigenvalue weighted by Crippen LogP contribution is -2.03. The second-order valence-corrected chi connectivity index (χ2v) is 7.44. The highest BCUT2D eigenvalue weighted by Crippen LogP contribution is 2.38. The van der Waals surface area contributed by atoms with Gasteiger partial charge in [-0.2, -0.15) is 0 Å². The highest BCUT2D eigenvalue weighted by molar-refractivity contribution is 6.08. The zero-order chi connectivity index (χ0) is 21.6. The quantitative estimate of drug-likeness (QED) is 0.435. The van der Waals surface area contributed by atoms with E-state index in [4.69, 9.17) is 9.84 Å². The molecule has 6 nitrogen and oxygen atoms in total. The summed E-state index contributed by atoms with van der Waals surface area (Å²) < 4.78 is 6.06. The van der Waals surface area contributed by atoms with Crippen molar-refractivity contribution in [3.63, 3.8) is 0 Å². The molecule has 1 saturated carbocycles. The third kappa shape index (κ3) is 4.49. The molecule has 1 fully saturated rings. The summed E-state index contributed by atoms with van der Waals surface area (Å²) in [4.78, 5) is 24.7. The lowest BCUT2D eigenvalue weighted by atomic mass is 9.99. The van der Waals surface area contributed by atoms with Crippen LogP contribution in [-0.2, 0) is 0 Å². The van der Waals surface area contributed by atoms with Gasteiger partial charge in [-0.25, -0.2) is 9.97 Å². The number of pyridine rings is 1. The number of ether oxygens (including phenoxy) is 1. The fourth-order valence-electron chi connectivity index (χ4n) is 4.02. The van der Waals surface area contributed by atoms with Crippen molar-refractivity contribution < 1.29 is 14.6 Å². The monoisotopic (exact) mass is 415 g/mol. The molecule has 0 unspecified atom stereocenters. The van der Waals surface area contributed by atoms with E-state index < -0.39 is 0 Å². The lowest BCUT2D eigenvalue weighted by Gasteiger charge is -2.14. The summed E-state index contributed by atoms with van der Waals surface area (Å²) in [5, 5.41) is 7.00. The number of benzene rings is 2. The zero-order valence-electron chi connectivity index (χ0n) is 17.4. The van der Waals surface area contributed by atoms with Gasteiger partial charge in [0.2, 0.25) is 11.7 Å². The van der Waals surface area contributed by atoms with Gasteiger partial charge in [0.25, 0.3) is 0 Å². The highest BCUT2D eigenvalue weighted by atomic mass is 16.5. The summed E-state index contributed by atoms with van der Waals surface area (Å²) in [5.74, 6) is 2.05. The van der Waals surface area contributed by atoms with E-state index in [0.29, 0.717) is 28.9 Å². The number of para-hydroxylation sites is 2. The van der Waals surface area contributed by atoms with Gasteiger partial charge >= 0.3 is 0 Å². The van der Waals surface area contributed by atoms with Crippen molar-refractivity contribution in [1.82, 2.24) is 15.0 Å². The molecular formula is C25H25N3O3. The Kier molecular flexibility index (Phi) is 6.38. The molecule has 2 aromatic carbocycles. The molecule has 0 aliphatic heterocycles. The average Bonchev–Trinajstić information content (AvgIpc) is 3.51. The molecule has 4 aromatic rings. The maximum Gasteiger partial charge on any atom is 0.228 e. The summed E-state index contributed by atoms with van der Waals surface area (Å²) >= 11 is 0. The number of rotatable bonds is 5. The second-order valence-electron chi connectivity index (χ2n) is 7.44. The number of carbonyl (C=O) groups is 1. The Bertz CT molecular complexity index is 1130. The number of hydrogen-bond acceptors (Lipinski definition) is 5. The number of fused-ring (bicyclic) bond motifs is 1. The van der Waals surface area contributed by atoms with Crippen molar-refractivity contribution in [1.29, 1.82) is 0 Å². The molecule has 1 aliphatic rings. The van der Waals surface area contributed by atoms with E-state index in [9.17, 15) is 4.79 Å². The number of H-pyrrole nitrogens is 1. The van der Waals surface area contributed by atoms with E-state index >= 15 is 0 Å². The summed E-state index contributed by atoms with van der Waals surface area (Å²) in [6.45, 7) is 0. The Hall–Kier alpha value is -3.51. The Balaban J connectivity index is 0.00000112. The first-order valence-electron chi connectivity index (χ1n) is 10.4. The van der Waals surface area contributed by atoms with Gasteiger partial charge in [0.05, 0.1) is 11.0 Å². The van der Waals surface area contributed by atoms with Gasteiger partial charge in [0.1, 0.15) is 5.75 Å². The van der Waals surface area contributed by atoms with Crippen molar-refractivity contribution in [3.05, 3.63) is 83.8 Å². The number of aromatic nitrogens is 3. The Morgan fingerprint density at radius 1 is 1.00 bits per heavy atom. The number of aliphatic hydroxyl groups is 1. The number of hydrogen-bond donors (Lipinski definition) is 2. The lowest BCUT2D eigenvalue weighted by molar-refractivity contribution is 0.103. The van der Waals surface area contributed by atoms with Crippen LogP contribution in [0.2, 0.25) is 0 Å². The normalized spacial score (nSPS) is 13.6. The van der Waals surface area contributed by atoms with Gasteiger partial charge in [-0.3, -0.25) is 4.79 Å². The van der Waals surface area contributed by atoms with Crippen LogP contribution in [0.3, 0.4) is 0 Å². The minimum Gasteiger partial charge on any atom is -0.439 e. The molecule has 1 aliphatic carbocycles. The summed E-state index contributed by atoms with van der Waals surface area (Å²) in [5.41, 5.74) is 3.37. The van der Waals surface area contributed by atoms with E-state index in [1.54, 1.807) is 18.3 Å². The Morgan fingerprint density at radius 2 is 1.74 bits per heavy atom. The summed E-state index contributed by atoms with van der Waals surface area (Å²) in [6.07, 6.45) is 6.66. The largest absolute Gasteiger partial charge is 0.439 e. The van der Waals surface area contributed by atoms with Crippen LogP contribution in [0, 0.1) is 0 Å². The standard InChI is InChI=1S/C24H21N3O2.CH4O/c28-22(23-26-20-9-3-4-10-21(20)27-23)17-11-13-18(14-12-17)29-24-19(8-5-15-25-24)16-6-1-2-7-16;1-2/h3-5,8-16H,1-2,6-7H2,(H,26,27);2H,1H3. The molecule has 0 atom stereocenters. The minimum absolute atomic E-state index is 0.141. The molecular weight excluding hydrogens is 390 g/mol. The van der Waals surface area contributed by atoms with Crippen LogP contribution < -0.4 is 4.74 Å². The molecule has 0 radical (unpaired) electrons. The van der Waals surface area contributed by atoms with Crippen molar-refractivity contribution >= 4 is 16.8 Å². The smallest absolute Gasteiger partial charge is 0.228 e. The van der Waals surface area contributed by atoms with Crippen molar-refractivity contribution in [2.45, 2.75) is 31.6 Å². The summed E-state index contributed by atoms with van der Waals surface area (Å²) in [6, 6.07) is 18.8. The van der Waals surface area contributed by atoms with Crippen LogP contribution in [0.25, 0.3) is 11.0 Å². The first-order valence-corrected chi connectivity index (χ1v) is 10.4. The highest BCUT2D eigenvalue weighted by Gasteiger charge is 2.21. The fraction of sp³-hybridized carbons (Fsp3) is 0.240. The molecule has 0 bridgehead atoms. The van der Waals surface area contributed by atoms with E-state index in [0.717, 1.165) is 18.1 Å². The van der Waals surface area contributed by atoms with Crippen molar-refractivity contribution in [3.8, 4) is 11.6 Å². The van der Waals surface area contributed by atoms with Gasteiger partial charge in [0, 0.05) is 24.4 Å². The topological polar surface area (TPSA) is 88.1 Å². The molecule has 0 spiro atoms. The number of nitrogens with zero attached hydrogens (tertiary/aromatic N) is 2. The third-order valence-electron chi connectivity index (χ3n) is 5.53. The Morgan fingerprint density at radius 3 is 2.48 bits per heavy atom. The van der Waals surface area contributed by atoms with Gasteiger partial charge in [-0.1, -0.05) is 31.0 Å². The van der Waals surface area contributed by atoms with E-state index in [1.807, 2.05) is 42.5 Å². The number of aliphatic hydroxyl groups excluding tert-OH is 1. The van der Waals surface area contributed by atoms with Crippen LogP contribution in [0.15, 0.2) is 66.9 Å². The van der Waals surface area contributed by atoms with E-state index in [-0.39, 0.29) is 5.78 Å². The van der Waals surface area contributed by atoms with Crippen molar-refractivity contribution in [2.24, 2.45) is 0 Å². The van der Waals surface area contributed by atoms with Crippen LogP contribution >= 0.6 is 0 Å². The van der Waals surface area contributed by atoms with Crippen LogP contribution in [0.1, 0.15) is 53.3 Å². The van der Waals surface area contributed by atoms with Gasteiger partial charge < -0.3 is 14.8 Å². The van der Waals surface area contributed by atoms with Gasteiger partial charge in [-0.15, -0.1) is 0 Å². The van der Waals surface area contributed by atoms with E-state index in [1.165, 1.54) is 31.2 Å². The summed E-state index contributed by atoms with van der Waals surface area (Å²) in [7, 11) is 1.00. The molecule has 6 heteroatoms. The number of imidazole rings is 1.